The molecule has 0 N–H and O–H groups in total. The van der Waals surface area contributed by atoms with Gasteiger partial charge in [0.05, 0.1) is 10.5 Å². The van der Waals surface area contributed by atoms with Crippen LogP contribution in [0.15, 0.2) is 58.3 Å². The van der Waals surface area contributed by atoms with Crippen molar-refractivity contribution < 1.29 is 14.3 Å². The standard InChI is InChI=1S/C25H29NO3S/c1-4-5-15-29-16-9-14-26-24(27)22(20-13-12-18(2)19(3)17-20)23(25(26)28)30-21-10-7-6-8-11-21/h6-8,10-13,17H,4-5,9,14-16H2,1-3H3. The molecule has 0 radical (unpaired) electrons. The van der Waals surface area contributed by atoms with E-state index in [0.29, 0.717) is 30.1 Å². The van der Waals surface area contributed by atoms with Crippen molar-refractivity contribution in [2.24, 2.45) is 0 Å². The second-order valence-electron chi connectivity index (χ2n) is 7.50. The first-order valence-corrected chi connectivity index (χ1v) is 11.3. The smallest absolute Gasteiger partial charge is 0.268 e. The lowest BCUT2D eigenvalue weighted by Gasteiger charge is -2.15. The van der Waals surface area contributed by atoms with E-state index in [4.69, 9.17) is 4.74 Å². The molecule has 0 saturated carbocycles. The van der Waals surface area contributed by atoms with Crippen LogP contribution >= 0.6 is 11.8 Å². The van der Waals surface area contributed by atoms with Crippen LogP contribution in [0.5, 0.6) is 0 Å². The normalized spacial score (nSPS) is 14.2. The summed E-state index contributed by atoms with van der Waals surface area (Å²) in [6.45, 7) is 7.83. The summed E-state index contributed by atoms with van der Waals surface area (Å²) < 4.78 is 5.60. The molecule has 1 aliphatic heterocycles. The fourth-order valence-corrected chi connectivity index (χ4v) is 4.32. The maximum atomic E-state index is 13.3. The van der Waals surface area contributed by atoms with E-state index in [-0.39, 0.29) is 11.8 Å². The van der Waals surface area contributed by atoms with Gasteiger partial charge in [-0.15, -0.1) is 0 Å². The van der Waals surface area contributed by atoms with E-state index < -0.39 is 0 Å². The first-order chi connectivity index (χ1) is 14.5. The van der Waals surface area contributed by atoms with E-state index >= 15 is 0 Å². The van der Waals surface area contributed by atoms with Crippen molar-refractivity contribution in [3.8, 4) is 0 Å². The van der Waals surface area contributed by atoms with Crippen LogP contribution in [0.2, 0.25) is 0 Å². The summed E-state index contributed by atoms with van der Waals surface area (Å²) in [5.74, 6) is -0.425. The number of rotatable bonds is 10. The van der Waals surface area contributed by atoms with Crippen LogP contribution in [0.1, 0.15) is 42.9 Å². The number of imide groups is 1. The molecular formula is C25H29NO3S. The van der Waals surface area contributed by atoms with Gasteiger partial charge in [-0.2, -0.15) is 0 Å². The van der Waals surface area contributed by atoms with Crippen LogP contribution in [-0.2, 0) is 14.3 Å². The second-order valence-corrected chi connectivity index (χ2v) is 8.58. The van der Waals surface area contributed by atoms with Gasteiger partial charge in [0.1, 0.15) is 0 Å². The van der Waals surface area contributed by atoms with E-state index in [9.17, 15) is 9.59 Å². The van der Waals surface area contributed by atoms with Gasteiger partial charge in [0, 0.05) is 24.7 Å². The van der Waals surface area contributed by atoms with Crippen LogP contribution in [0.4, 0.5) is 0 Å². The Morgan fingerprint density at radius 3 is 2.33 bits per heavy atom. The highest BCUT2D eigenvalue weighted by Crippen LogP contribution is 2.40. The molecule has 2 aromatic carbocycles. The quantitative estimate of drug-likeness (QED) is 0.380. The number of thioether (sulfide) groups is 1. The molecule has 0 unspecified atom stereocenters. The maximum Gasteiger partial charge on any atom is 0.268 e. The zero-order valence-corrected chi connectivity index (χ0v) is 18.8. The first-order valence-electron chi connectivity index (χ1n) is 10.5. The molecule has 0 bridgehead atoms. The van der Waals surface area contributed by atoms with E-state index in [1.54, 1.807) is 0 Å². The number of aryl methyl sites for hydroxylation is 2. The van der Waals surface area contributed by atoms with Gasteiger partial charge in [0.15, 0.2) is 0 Å². The summed E-state index contributed by atoms with van der Waals surface area (Å²) >= 11 is 1.37. The van der Waals surface area contributed by atoms with Gasteiger partial charge in [-0.05, 0) is 55.5 Å². The molecule has 158 valence electrons. The molecule has 1 heterocycles. The van der Waals surface area contributed by atoms with Crippen LogP contribution in [0, 0.1) is 13.8 Å². The van der Waals surface area contributed by atoms with Gasteiger partial charge < -0.3 is 4.74 Å². The third kappa shape index (κ3) is 5.21. The Morgan fingerprint density at radius 2 is 1.63 bits per heavy atom. The van der Waals surface area contributed by atoms with Gasteiger partial charge in [0.2, 0.25) is 0 Å². The van der Waals surface area contributed by atoms with Crippen molar-refractivity contribution in [2.45, 2.75) is 44.9 Å². The fourth-order valence-electron chi connectivity index (χ4n) is 3.28. The van der Waals surface area contributed by atoms with Crippen molar-refractivity contribution >= 4 is 29.1 Å². The summed E-state index contributed by atoms with van der Waals surface area (Å²) in [5.41, 5.74) is 3.57. The Morgan fingerprint density at radius 1 is 0.900 bits per heavy atom. The molecule has 2 aromatic rings. The minimum Gasteiger partial charge on any atom is -0.381 e. The summed E-state index contributed by atoms with van der Waals surface area (Å²) in [4.78, 5) is 29.3. The average Bonchev–Trinajstić information content (AvgIpc) is 2.97. The van der Waals surface area contributed by atoms with Gasteiger partial charge >= 0.3 is 0 Å². The Kier molecular flexibility index (Phi) is 7.88. The van der Waals surface area contributed by atoms with Crippen LogP contribution in [0.3, 0.4) is 0 Å². The number of hydrogen-bond donors (Lipinski definition) is 0. The van der Waals surface area contributed by atoms with Crippen LogP contribution in [0.25, 0.3) is 5.57 Å². The largest absolute Gasteiger partial charge is 0.381 e. The predicted molar refractivity (Wildman–Crippen MR) is 122 cm³/mol. The molecule has 0 saturated heterocycles. The van der Waals surface area contributed by atoms with Crippen LogP contribution < -0.4 is 0 Å². The highest BCUT2D eigenvalue weighted by Gasteiger charge is 2.39. The molecular weight excluding hydrogens is 394 g/mol. The van der Waals surface area contributed by atoms with Crippen molar-refractivity contribution in [2.75, 3.05) is 19.8 Å². The minimum atomic E-state index is -0.213. The third-order valence-electron chi connectivity index (χ3n) is 5.20. The summed E-state index contributed by atoms with van der Waals surface area (Å²) in [5, 5.41) is 0. The highest BCUT2D eigenvalue weighted by atomic mass is 32.2. The topological polar surface area (TPSA) is 46.6 Å². The van der Waals surface area contributed by atoms with Crippen molar-refractivity contribution in [3.63, 3.8) is 0 Å². The molecule has 4 nitrogen and oxygen atoms in total. The van der Waals surface area contributed by atoms with Crippen molar-refractivity contribution in [1.29, 1.82) is 0 Å². The van der Waals surface area contributed by atoms with Gasteiger partial charge in [-0.25, -0.2) is 0 Å². The lowest BCUT2D eigenvalue weighted by Crippen LogP contribution is -2.33. The molecule has 3 rings (SSSR count). The van der Waals surface area contributed by atoms with Crippen molar-refractivity contribution in [3.05, 3.63) is 70.1 Å². The number of carbonyl (C=O) groups excluding carboxylic acids is 2. The first kappa shape index (κ1) is 22.3. The number of nitrogens with zero attached hydrogens (tertiary/aromatic N) is 1. The highest BCUT2D eigenvalue weighted by molar-refractivity contribution is 8.04. The minimum absolute atomic E-state index is 0.212. The molecule has 2 amide bonds. The summed E-state index contributed by atoms with van der Waals surface area (Å²) in [7, 11) is 0. The molecule has 0 spiro atoms. The number of amides is 2. The number of unbranched alkanes of at least 4 members (excludes halogenated alkanes) is 1. The van der Waals surface area contributed by atoms with E-state index in [0.717, 1.165) is 41.0 Å². The SMILES string of the molecule is CCCCOCCCN1C(=O)C(Sc2ccccc2)=C(c2ccc(C)c(C)c2)C1=O. The van der Waals surface area contributed by atoms with Gasteiger partial charge in [-0.1, -0.05) is 61.5 Å². The Labute approximate surface area is 183 Å². The summed E-state index contributed by atoms with van der Waals surface area (Å²) in [6.07, 6.45) is 2.76. The monoisotopic (exact) mass is 423 g/mol. The number of hydrogen-bond acceptors (Lipinski definition) is 4. The maximum absolute atomic E-state index is 13.3. The Hall–Kier alpha value is -2.37. The summed E-state index contributed by atoms with van der Waals surface area (Å²) in [6, 6.07) is 15.7. The molecule has 0 fully saturated rings. The average molecular weight is 424 g/mol. The van der Waals surface area contributed by atoms with Gasteiger partial charge in [-0.3, -0.25) is 14.5 Å². The second kappa shape index (κ2) is 10.6. The number of carbonyl (C=O) groups is 2. The molecule has 0 aliphatic carbocycles. The van der Waals surface area contributed by atoms with Crippen molar-refractivity contribution in [1.82, 2.24) is 4.90 Å². The Bertz CT molecular complexity index is 937. The number of ether oxygens (including phenoxy) is 1. The number of benzene rings is 2. The van der Waals surface area contributed by atoms with Crippen LogP contribution in [-0.4, -0.2) is 36.5 Å². The molecule has 1 aliphatic rings. The third-order valence-corrected chi connectivity index (χ3v) is 6.29. The molecule has 0 aromatic heterocycles. The molecule has 5 heteroatoms. The molecule has 30 heavy (non-hydrogen) atoms. The van der Waals surface area contributed by atoms with Gasteiger partial charge in [0.25, 0.3) is 11.8 Å². The Balaban J connectivity index is 1.84. The lowest BCUT2D eigenvalue weighted by atomic mass is 10.0. The van der Waals surface area contributed by atoms with E-state index in [1.807, 2.05) is 62.4 Å². The lowest BCUT2D eigenvalue weighted by molar-refractivity contribution is -0.136. The zero-order valence-electron chi connectivity index (χ0n) is 17.9. The fraction of sp³-hybridized carbons (Fsp3) is 0.360. The van der Waals surface area contributed by atoms with E-state index in [1.165, 1.54) is 16.7 Å². The predicted octanol–water partition coefficient (Wildman–Crippen LogP) is 5.38. The van der Waals surface area contributed by atoms with E-state index in [2.05, 4.69) is 6.92 Å². The molecule has 0 atom stereocenters. The zero-order chi connectivity index (χ0) is 21.5.